The van der Waals surface area contributed by atoms with Crippen molar-refractivity contribution in [1.82, 2.24) is 0 Å². The van der Waals surface area contributed by atoms with E-state index in [4.69, 9.17) is 4.74 Å². The highest BCUT2D eigenvalue weighted by atomic mass is 16.5. The summed E-state index contributed by atoms with van der Waals surface area (Å²) < 4.78 is 4.99. The summed E-state index contributed by atoms with van der Waals surface area (Å²) in [5.41, 5.74) is 12.9. The fraction of sp³-hybridized carbons (Fsp3) is 0.635. The van der Waals surface area contributed by atoms with Crippen LogP contribution in [-0.2, 0) is 9.53 Å². The Kier molecular flexibility index (Phi) is 31.5. The molecule has 55 heavy (non-hydrogen) atoms. The van der Waals surface area contributed by atoms with Gasteiger partial charge in [-0.2, -0.15) is 0 Å². The van der Waals surface area contributed by atoms with E-state index in [0.29, 0.717) is 12.5 Å². The summed E-state index contributed by atoms with van der Waals surface area (Å²) in [6.45, 7) is 26.2. The van der Waals surface area contributed by atoms with Gasteiger partial charge >= 0.3 is 5.97 Å². The monoisotopic (exact) mass is 759 g/mol. The van der Waals surface area contributed by atoms with Gasteiger partial charge in [0.05, 0.1) is 6.10 Å². The number of carbonyl (C=O) groups is 1. The molecule has 0 fully saturated rings. The summed E-state index contributed by atoms with van der Waals surface area (Å²) in [6, 6.07) is 0. The van der Waals surface area contributed by atoms with Crippen LogP contribution in [0.1, 0.15) is 199 Å². The Morgan fingerprint density at radius 2 is 0.709 bits per heavy atom. The van der Waals surface area contributed by atoms with Crippen LogP contribution in [-0.4, -0.2) is 23.8 Å². The summed E-state index contributed by atoms with van der Waals surface area (Å²) in [5, 5.41) is 10.8. The van der Waals surface area contributed by atoms with Crippen molar-refractivity contribution >= 4 is 5.97 Å². The van der Waals surface area contributed by atoms with Gasteiger partial charge in [0.15, 0.2) is 0 Å². The molecule has 0 heterocycles. The Bertz CT molecular complexity index is 1350. The lowest BCUT2D eigenvalue weighted by atomic mass is 9.93. The van der Waals surface area contributed by atoms with Crippen LogP contribution in [0.25, 0.3) is 0 Å². The standard InChI is InChI=1S/C52H86O3/c1-41(2)21-13-22-42(3)23-14-24-43(4)29-17-30-47(8)35-20-36-50(11)52(54)38-37-48(9)33-18-31-45(6)27-15-25-44(5)26-16-28-46(7)32-19-34-49(10)39-40-55-51(12)53/h21,23,26-27,29,32-33,35,39,50,52,54H,13-20,22,24-25,28,30-31,34,36-38,40H2,1-12H3/b42-23+,43-29+,44-26+,45-27+,46-32+,47-35+,48-33+,49-39+. The predicted molar refractivity (Wildman–Crippen MR) is 244 cm³/mol. The van der Waals surface area contributed by atoms with Gasteiger partial charge in [-0.3, -0.25) is 4.79 Å². The van der Waals surface area contributed by atoms with Crippen LogP contribution >= 0.6 is 0 Å². The number of aliphatic hydroxyl groups excluding tert-OH is 1. The number of allylic oxidation sites excluding steroid dienone is 17. The smallest absolute Gasteiger partial charge is 0.302 e. The topological polar surface area (TPSA) is 46.5 Å². The average molecular weight is 759 g/mol. The van der Waals surface area contributed by atoms with Gasteiger partial charge in [-0.25, -0.2) is 0 Å². The highest BCUT2D eigenvalue weighted by Gasteiger charge is 2.13. The van der Waals surface area contributed by atoms with E-state index in [0.717, 1.165) is 109 Å². The molecule has 0 aromatic heterocycles. The van der Waals surface area contributed by atoms with Gasteiger partial charge in [-0.15, -0.1) is 0 Å². The van der Waals surface area contributed by atoms with Crippen molar-refractivity contribution in [1.29, 1.82) is 0 Å². The summed E-state index contributed by atoms with van der Waals surface area (Å²) in [4.78, 5) is 10.9. The number of aliphatic hydroxyl groups is 1. The number of hydrogen-bond acceptors (Lipinski definition) is 3. The molecule has 0 aromatic carbocycles. The molecule has 2 atom stereocenters. The lowest BCUT2D eigenvalue weighted by Crippen LogP contribution is -2.17. The van der Waals surface area contributed by atoms with Crippen LogP contribution in [0.3, 0.4) is 0 Å². The molecule has 3 nitrogen and oxygen atoms in total. The molecule has 0 bridgehead atoms. The highest BCUT2D eigenvalue weighted by molar-refractivity contribution is 5.66. The minimum atomic E-state index is -0.233. The SMILES string of the molecule is CC(=O)OC/C=C(\C)CC/C=C(\C)CC/C=C(\C)CC/C=C(\C)CC/C=C(\C)CCC(O)C(C)CC/C=C(\C)CC/C=C(\C)CC/C=C(\C)CCC=C(C)C. The third-order valence-electron chi connectivity index (χ3n) is 10.6. The van der Waals surface area contributed by atoms with Crippen molar-refractivity contribution in [3.05, 3.63) is 105 Å². The van der Waals surface area contributed by atoms with Crippen LogP contribution < -0.4 is 0 Å². The van der Waals surface area contributed by atoms with E-state index < -0.39 is 0 Å². The minimum absolute atomic E-state index is 0.229. The third kappa shape index (κ3) is 34.1. The van der Waals surface area contributed by atoms with Crippen LogP contribution in [0.15, 0.2) is 105 Å². The van der Waals surface area contributed by atoms with Gasteiger partial charge in [-0.05, 0) is 197 Å². The fourth-order valence-electron chi connectivity index (χ4n) is 6.43. The molecule has 0 saturated heterocycles. The molecule has 312 valence electrons. The summed E-state index contributed by atoms with van der Waals surface area (Å²) in [7, 11) is 0. The molecule has 2 unspecified atom stereocenters. The molecule has 0 aliphatic heterocycles. The minimum Gasteiger partial charge on any atom is -0.462 e. The number of hydrogen-bond donors (Lipinski definition) is 1. The van der Waals surface area contributed by atoms with Crippen molar-refractivity contribution in [2.45, 2.75) is 205 Å². The van der Waals surface area contributed by atoms with Crippen molar-refractivity contribution in [3.8, 4) is 0 Å². The van der Waals surface area contributed by atoms with E-state index in [9.17, 15) is 9.90 Å². The van der Waals surface area contributed by atoms with Crippen molar-refractivity contribution in [2.24, 2.45) is 5.92 Å². The number of rotatable bonds is 30. The molecule has 0 aromatic rings. The maximum absolute atomic E-state index is 10.9. The molecule has 0 aliphatic carbocycles. The predicted octanol–water partition coefficient (Wildman–Crippen LogP) is 16.1. The largest absolute Gasteiger partial charge is 0.462 e. The van der Waals surface area contributed by atoms with Crippen LogP contribution in [0, 0.1) is 5.92 Å². The van der Waals surface area contributed by atoms with Gasteiger partial charge in [-0.1, -0.05) is 106 Å². The molecule has 0 spiro atoms. The number of ether oxygens (including phenoxy) is 1. The second-order valence-corrected chi connectivity index (χ2v) is 16.9. The van der Waals surface area contributed by atoms with E-state index in [1.807, 2.05) is 6.08 Å². The van der Waals surface area contributed by atoms with E-state index >= 15 is 0 Å². The van der Waals surface area contributed by atoms with Gasteiger partial charge in [0.2, 0.25) is 0 Å². The molecule has 0 saturated carbocycles. The first-order valence-corrected chi connectivity index (χ1v) is 21.8. The second-order valence-electron chi connectivity index (χ2n) is 16.9. The molecule has 0 amide bonds. The number of esters is 1. The summed E-state index contributed by atoms with van der Waals surface area (Å²) >= 11 is 0. The Balaban J connectivity index is 4.28. The lowest BCUT2D eigenvalue weighted by molar-refractivity contribution is -0.139. The van der Waals surface area contributed by atoms with Gasteiger partial charge in [0.1, 0.15) is 6.61 Å². The first kappa shape index (κ1) is 52.1. The normalized spacial score (nSPS) is 15.4. The summed E-state index contributed by atoms with van der Waals surface area (Å²) in [5.74, 6) is 0.0941. The first-order chi connectivity index (χ1) is 26.1. The van der Waals surface area contributed by atoms with Crippen LogP contribution in [0.5, 0.6) is 0 Å². The maximum Gasteiger partial charge on any atom is 0.302 e. The second kappa shape index (κ2) is 33.3. The van der Waals surface area contributed by atoms with E-state index in [1.165, 1.54) is 63.5 Å². The molecule has 1 N–H and O–H groups in total. The Labute approximate surface area is 341 Å². The molecular weight excluding hydrogens is 673 g/mol. The first-order valence-electron chi connectivity index (χ1n) is 21.8. The summed E-state index contributed by atoms with van der Waals surface area (Å²) in [6.07, 6.45) is 40.3. The van der Waals surface area contributed by atoms with E-state index in [2.05, 4.69) is 125 Å². The van der Waals surface area contributed by atoms with Crippen LogP contribution in [0.4, 0.5) is 0 Å². The zero-order chi connectivity index (χ0) is 41.4. The third-order valence-corrected chi connectivity index (χ3v) is 10.6. The van der Waals surface area contributed by atoms with Crippen molar-refractivity contribution in [2.75, 3.05) is 6.61 Å². The Morgan fingerprint density at radius 1 is 0.418 bits per heavy atom. The van der Waals surface area contributed by atoms with Crippen molar-refractivity contribution in [3.63, 3.8) is 0 Å². The van der Waals surface area contributed by atoms with Gasteiger partial charge < -0.3 is 9.84 Å². The molecule has 3 heteroatoms. The Morgan fingerprint density at radius 3 is 1.04 bits per heavy atom. The lowest BCUT2D eigenvalue weighted by Gasteiger charge is -2.18. The average Bonchev–Trinajstić information content (AvgIpc) is 3.10. The zero-order valence-electron chi connectivity index (χ0n) is 38.0. The maximum atomic E-state index is 10.9. The van der Waals surface area contributed by atoms with Gasteiger partial charge in [0.25, 0.3) is 0 Å². The highest BCUT2D eigenvalue weighted by Crippen LogP contribution is 2.21. The molecule has 0 rings (SSSR count). The number of carbonyl (C=O) groups excluding carboxylic acids is 1. The fourth-order valence-corrected chi connectivity index (χ4v) is 6.43. The Hall–Kier alpha value is -2.91. The quantitative estimate of drug-likeness (QED) is 0.0586. The zero-order valence-corrected chi connectivity index (χ0v) is 38.0. The van der Waals surface area contributed by atoms with Gasteiger partial charge in [0, 0.05) is 6.92 Å². The van der Waals surface area contributed by atoms with Crippen LogP contribution in [0.2, 0.25) is 0 Å². The molecule has 0 aliphatic rings. The van der Waals surface area contributed by atoms with Crippen molar-refractivity contribution < 1.29 is 14.6 Å². The molecule has 0 radical (unpaired) electrons. The van der Waals surface area contributed by atoms with E-state index in [1.54, 1.807) is 0 Å². The van der Waals surface area contributed by atoms with E-state index in [-0.39, 0.29) is 12.1 Å². The molecular formula is C52H86O3.